The largest absolute Gasteiger partial charge is 0.466 e. The van der Waals surface area contributed by atoms with E-state index in [9.17, 15) is 9.59 Å². The van der Waals surface area contributed by atoms with Crippen LogP contribution in [-0.4, -0.2) is 19.0 Å². The van der Waals surface area contributed by atoms with Gasteiger partial charge in [0.1, 0.15) is 5.76 Å². The highest BCUT2D eigenvalue weighted by molar-refractivity contribution is 5.82. The summed E-state index contributed by atoms with van der Waals surface area (Å²) in [5, 5.41) is 0. The van der Waals surface area contributed by atoms with E-state index in [2.05, 4.69) is 4.74 Å². The first kappa shape index (κ1) is 11.4. The maximum Gasteiger partial charge on any atom is 0.330 e. The lowest BCUT2D eigenvalue weighted by atomic mass is 10.4. The van der Waals surface area contributed by atoms with E-state index in [-0.39, 0.29) is 0 Å². The van der Waals surface area contributed by atoms with Crippen molar-refractivity contribution in [3.05, 3.63) is 24.0 Å². The van der Waals surface area contributed by atoms with Gasteiger partial charge in [0.05, 0.1) is 7.11 Å². The van der Waals surface area contributed by atoms with Crippen molar-refractivity contribution in [1.29, 1.82) is 0 Å². The summed E-state index contributed by atoms with van der Waals surface area (Å²) in [4.78, 5) is 21.2. The molecule has 0 rings (SSSR count). The van der Waals surface area contributed by atoms with E-state index in [1.165, 1.54) is 26.2 Å². The lowest BCUT2D eigenvalue weighted by molar-refractivity contribution is -0.137. The van der Waals surface area contributed by atoms with Crippen LogP contribution in [0.3, 0.4) is 0 Å². The SMILES string of the molecule is C/C=C(/C=C/C(=O)OC)OC(C)=O. The molecular weight excluding hydrogens is 172 g/mol. The predicted octanol–water partition coefficient (Wildman–Crippen LogP) is 1.18. The lowest BCUT2D eigenvalue weighted by Crippen LogP contribution is -1.98. The Morgan fingerprint density at radius 2 is 1.85 bits per heavy atom. The molecule has 72 valence electrons. The molecule has 0 aliphatic rings. The van der Waals surface area contributed by atoms with Crippen molar-refractivity contribution in [2.24, 2.45) is 0 Å². The molecule has 0 radical (unpaired) electrons. The number of hydrogen-bond donors (Lipinski definition) is 0. The van der Waals surface area contributed by atoms with Crippen molar-refractivity contribution in [2.75, 3.05) is 7.11 Å². The van der Waals surface area contributed by atoms with Gasteiger partial charge in [0, 0.05) is 13.0 Å². The molecule has 0 aromatic rings. The zero-order valence-corrected chi connectivity index (χ0v) is 7.87. The Kier molecular flexibility index (Phi) is 5.27. The Hall–Kier alpha value is -1.58. The van der Waals surface area contributed by atoms with Gasteiger partial charge < -0.3 is 9.47 Å². The van der Waals surface area contributed by atoms with Crippen LogP contribution in [0, 0.1) is 0 Å². The topological polar surface area (TPSA) is 52.6 Å². The number of rotatable bonds is 3. The van der Waals surface area contributed by atoms with Gasteiger partial charge in [-0.15, -0.1) is 0 Å². The first-order valence-corrected chi connectivity index (χ1v) is 3.71. The fourth-order valence-corrected chi connectivity index (χ4v) is 0.573. The molecule has 0 saturated carbocycles. The zero-order valence-electron chi connectivity index (χ0n) is 7.87. The average molecular weight is 184 g/mol. The highest BCUT2D eigenvalue weighted by Gasteiger charge is 1.97. The number of ether oxygens (including phenoxy) is 2. The third-order valence-electron chi connectivity index (χ3n) is 1.13. The first-order valence-electron chi connectivity index (χ1n) is 3.71. The van der Waals surface area contributed by atoms with Gasteiger partial charge in [-0.3, -0.25) is 4.79 Å². The molecule has 0 spiro atoms. The van der Waals surface area contributed by atoms with Gasteiger partial charge in [-0.05, 0) is 19.1 Å². The van der Waals surface area contributed by atoms with Crippen LogP contribution in [0.1, 0.15) is 13.8 Å². The van der Waals surface area contributed by atoms with Crippen LogP contribution in [0.15, 0.2) is 24.0 Å². The molecule has 0 N–H and O–H groups in total. The number of carbonyl (C=O) groups is 2. The summed E-state index contributed by atoms with van der Waals surface area (Å²) < 4.78 is 9.08. The summed E-state index contributed by atoms with van der Waals surface area (Å²) in [6, 6.07) is 0. The summed E-state index contributed by atoms with van der Waals surface area (Å²) in [7, 11) is 1.27. The Morgan fingerprint density at radius 1 is 1.23 bits per heavy atom. The van der Waals surface area contributed by atoms with E-state index in [0.29, 0.717) is 5.76 Å². The van der Waals surface area contributed by atoms with Crippen LogP contribution in [0.5, 0.6) is 0 Å². The molecule has 4 heteroatoms. The number of esters is 2. The van der Waals surface area contributed by atoms with Crippen molar-refractivity contribution in [2.45, 2.75) is 13.8 Å². The van der Waals surface area contributed by atoms with E-state index in [1.807, 2.05) is 0 Å². The van der Waals surface area contributed by atoms with Gasteiger partial charge in [-0.1, -0.05) is 0 Å². The average Bonchev–Trinajstić information content (AvgIpc) is 2.10. The summed E-state index contributed by atoms with van der Waals surface area (Å²) in [6.07, 6.45) is 4.12. The van der Waals surface area contributed by atoms with E-state index in [0.717, 1.165) is 0 Å². The Morgan fingerprint density at radius 3 is 2.23 bits per heavy atom. The van der Waals surface area contributed by atoms with Crippen molar-refractivity contribution in [3.8, 4) is 0 Å². The molecule has 0 heterocycles. The molecular formula is C9H12O4. The van der Waals surface area contributed by atoms with Gasteiger partial charge in [0.25, 0.3) is 0 Å². The van der Waals surface area contributed by atoms with Gasteiger partial charge in [0.2, 0.25) is 0 Å². The van der Waals surface area contributed by atoms with Gasteiger partial charge in [-0.2, -0.15) is 0 Å². The minimum atomic E-state index is -0.494. The van der Waals surface area contributed by atoms with Crippen molar-refractivity contribution < 1.29 is 19.1 Å². The van der Waals surface area contributed by atoms with E-state index >= 15 is 0 Å². The summed E-state index contributed by atoms with van der Waals surface area (Å²) in [6.45, 7) is 2.98. The second-order valence-electron chi connectivity index (χ2n) is 2.14. The first-order chi connectivity index (χ1) is 6.10. The molecule has 0 unspecified atom stereocenters. The predicted molar refractivity (Wildman–Crippen MR) is 46.7 cm³/mol. The summed E-state index contributed by atoms with van der Waals surface area (Å²) in [5.41, 5.74) is 0. The van der Waals surface area contributed by atoms with Gasteiger partial charge in [0.15, 0.2) is 0 Å². The molecule has 0 aliphatic carbocycles. The van der Waals surface area contributed by atoms with Crippen molar-refractivity contribution in [1.82, 2.24) is 0 Å². The smallest absolute Gasteiger partial charge is 0.330 e. The minimum absolute atomic E-state index is 0.318. The standard InChI is InChI=1S/C9H12O4/c1-4-8(13-7(2)10)5-6-9(11)12-3/h4-6H,1-3H3/b6-5+,8-4-. The van der Waals surface area contributed by atoms with E-state index < -0.39 is 11.9 Å². The van der Waals surface area contributed by atoms with Crippen LogP contribution in [0.4, 0.5) is 0 Å². The highest BCUT2D eigenvalue weighted by atomic mass is 16.5. The number of methoxy groups -OCH3 is 1. The third-order valence-corrected chi connectivity index (χ3v) is 1.13. The van der Waals surface area contributed by atoms with Crippen LogP contribution in [-0.2, 0) is 19.1 Å². The fourth-order valence-electron chi connectivity index (χ4n) is 0.573. The van der Waals surface area contributed by atoms with E-state index in [4.69, 9.17) is 4.74 Å². The van der Waals surface area contributed by atoms with Crippen LogP contribution >= 0.6 is 0 Å². The molecule has 0 bridgehead atoms. The molecule has 0 aromatic carbocycles. The fraction of sp³-hybridized carbons (Fsp3) is 0.333. The summed E-state index contributed by atoms with van der Waals surface area (Å²) in [5.74, 6) is -0.605. The monoisotopic (exact) mass is 184 g/mol. The molecule has 13 heavy (non-hydrogen) atoms. The molecule has 0 saturated heterocycles. The molecule has 0 aromatic heterocycles. The Bertz CT molecular complexity index is 250. The molecule has 0 fully saturated rings. The lowest BCUT2D eigenvalue weighted by Gasteiger charge is -1.99. The van der Waals surface area contributed by atoms with Crippen molar-refractivity contribution >= 4 is 11.9 Å². The molecule has 0 aliphatic heterocycles. The number of allylic oxidation sites excluding steroid dienone is 2. The molecule has 4 nitrogen and oxygen atoms in total. The quantitative estimate of drug-likeness (QED) is 0.286. The molecule has 0 atom stereocenters. The molecule has 0 amide bonds. The van der Waals surface area contributed by atoms with Gasteiger partial charge >= 0.3 is 11.9 Å². The highest BCUT2D eigenvalue weighted by Crippen LogP contribution is 1.99. The van der Waals surface area contributed by atoms with Crippen molar-refractivity contribution in [3.63, 3.8) is 0 Å². The zero-order chi connectivity index (χ0) is 10.3. The maximum atomic E-state index is 10.6. The van der Waals surface area contributed by atoms with Crippen LogP contribution in [0.25, 0.3) is 0 Å². The maximum absolute atomic E-state index is 10.6. The Balaban J connectivity index is 4.22. The minimum Gasteiger partial charge on any atom is -0.466 e. The van der Waals surface area contributed by atoms with Crippen LogP contribution < -0.4 is 0 Å². The Labute approximate surface area is 76.8 Å². The summed E-state index contributed by atoms with van der Waals surface area (Å²) >= 11 is 0. The number of hydrogen-bond acceptors (Lipinski definition) is 4. The third kappa shape index (κ3) is 5.66. The second-order valence-corrected chi connectivity index (χ2v) is 2.14. The number of carbonyl (C=O) groups excluding carboxylic acids is 2. The van der Waals surface area contributed by atoms with Gasteiger partial charge in [-0.25, -0.2) is 4.79 Å². The normalized spacial score (nSPS) is 11.5. The van der Waals surface area contributed by atoms with Crippen LogP contribution in [0.2, 0.25) is 0 Å². The second kappa shape index (κ2) is 5.99. The van der Waals surface area contributed by atoms with E-state index in [1.54, 1.807) is 13.0 Å².